The molecule has 1 aromatic carbocycles. The third-order valence-electron chi connectivity index (χ3n) is 2.48. The molecule has 0 atom stereocenters. The lowest BCUT2D eigenvalue weighted by Crippen LogP contribution is -2.13. The van der Waals surface area contributed by atoms with Crippen molar-refractivity contribution in [1.82, 2.24) is 15.0 Å². The molecular formula is C11H11BrClN3O2S. The molecular weight excluding hydrogens is 354 g/mol. The number of aryl methyl sites for hydroxylation is 1. The summed E-state index contributed by atoms with van der Waals surface area (Å²) in [7, 11) is -3.32. The van der Waals surface area contributed by atoms with Gasteiger partial charge in [0.05, 0.1) is 28.8 Å². The van der Waals surface area contributed by atoms with Gasteiger partial charge in [-0.1, -0.05) is 21.1 Å². The van der Waals surface area contributed by atoms with Crippen LogP contribution in [0.5, 0.6) is 0 Å². The van der Waals surface area contributed by atoms with E-state index in [2.05, 4.69) is 26.2 Å². The highest BCUT2D eigenvalue weighted by Gasteiger charge is 2.14. The molecule has 0 aliphatic rings. The van der Waals surface area contributed by atoms with Gasteiger partial charge in [0, 0.05) is 10.7 Å². The second kappa shape index (κ2) is 6.02. The summed E-state index contributed by atoms with van der Waals surface area (Å²) in [6.07, 6.45) is 1.64. The fourth-order valence-corrected chi connectivity index (χ4v) is 3.08. The average Bonchev–Trinajstić information content (AvgIpc) is 2.85. The van der Waals surface area contributed by atoms with Crippen LogP contribution >= 0.6 is 27.5 Å². The molecule has 1 aromatic heterocycles. The van der Waals surface area contributed by atoms with Crippen LogP contribution in [0.1, 0.15) is 5.69 Å². The molecule has 0 aliphatic carbocycles. The van der Waals surface area contributed by atoms with Crippen LogP contribution in [0, 0.1) is 0 Å². The minimum absolute atomic E-state index is 0.0281. The van der Waals surface area contributed by atoms with Crippen LogP contribution in [0.15, 0.2) is 39.8 Å². The number of benzene rings is 1. The topological polar surface area (TPSA) is 64.8 Å². The zero-order valence-electron chi connectivity index (χ0n) is 9.83. The van der Waals surface area contributed by atoms with Gasteiger partial charge in [0.15, 0.2) is 9.84 Å². The van der Waals surface area contributed by atoms with E-state index in [1.165, 1.54) is 4.68 Å². The van der Waals surface area contributed by atoms with Gasteiger partial charge in [0.1, 0.15) is 0 Å². The zero-order valence-corrected chi connectivity index (χ0v) is 13.0. The summed E-state index contributed by atoms with van der Waals surface area (Å²) in [5, 5.41) is 7.61. The molecule has 0 aliphatic heterocycles. The first-order valence-corrected chi connectivity index (χ1v) is 8.42. The Morgan fingerprint density at radius 1 is 1.26 bits per heavy atom. The van der Waals surface area contributed by atoms with Crippen molar-refractivity contribution in [3.05, 3.63) is 40.6 Å². The number of hydrogen-bond donors (Lipinski definition) is 0. The van der Waals surface area contributed by atoms with Gasteiger partial charge < -0.3 is 0 Å². The van der Waals surface area contributed by atoms with Crippen molar-refractivity contribution in [2.24, 2.45) is 0 Å². The fraction of sp³-hybridized carbons (Fsp3) is 0.273. The molecule has 8 heteroatoms. The Bertz CT molecular complexity index is 655. The minimum Gasteiger partial charge on any atom is -0.251 e. The third kappa shape index (κ3) is 3.77. The van der Waals surface area contributed by atoms with Gasteiger partial charge in [-0.05, 0) is 24.3 Å². The monoisotopic (exact) mass is 363 g/mol. The maximum Gasteiger partial charge on any atom is 0.180 e. The second-order valence-corrected chi connectivity index (χ2v) is 7.17. The van der Waals surface area contributed by atoms with Crippen LogP contribution in [0.25, 0.3) is 0 Å². The first-order chi connectivity index (χ1) is 9.01. The normalized spacial score (nSPS) is 11.7. The maximum atomic E-state index is 12.1. The number of hydrogen-bond acceptors (Lipinski definition) is 4. The highest BCUT2D eigenvalue weighted by atomic mass is 79.9. The number of halogens is 2. The first kappa shape index (κ1) is 14.5. The van der Waals surface area contributed by atoms with E-state index >= 15 is 0 Å². The van der Waals surface area contributed by atoms with E-state index in [-0.39, 0.29) is 18.2 Å². The van der Waals surface area contributed by atoms with Gasteiger partial charge in [-0.2, -0.15) is 0 Å². The number of sulfone groups is 1. The molecule has 0 amide bonds. The first-order valence-electron chi connectivity index (χ1n) is 5.44. The van der Waals surface area contributed by atoms with Crippen molar-refractivity contribution in [2.75, 3.05) is 5.75 Å². The Hall–Kier alpha value is -0.920. The molecule has 0 radical (unpaired) electrons. The molecule has 0 saturated heterocycles. The lowest BCUT2D eigenvalue weighted by molar-refractivity contribution is 0.575. The Kier molecular flexibility index (Phi) is 4.59. The predicted octanol–water partition coefficient (Wildman–Crippen LogP) is 2.25. The van der Waals surface area contributed by atoms with Crippen molar-refractivity contribution in [3.63, 3.8) is 0 Å². The van der Waals surface area contributed by atoms with Gasteiger partial charge >= 0.3 is 0 Å². The number of aromatic nitrogens is 3. The lowest BCUT2D eigenvalue weighted by atomic mass is 10.4. The summed E-state index contributed by atoms with van der Waals surface area (Å²) in [6.45, 7) is 0.252. The van der Waals surface area contributed by atoms with Gasteiger partial charge in [0.2, 0.25) is 0 Å². The standard InChI is InChI=1S/C11H11BrClN3O2S/c12-9-1-3-11(4-2-9)19(17,18)6-5-16-8-10(7-13)14-15-16/h1-4,8H,5-7H2. The molecule has 5 nitrogen and oxygen atoms in total. The van der Waals surface area contributed by atoms with Crippen molar-refractivity contribution in [2.45, 2.75) is 17.3 Å². The lowest BCUT2D eigenvalue weighted by Gasteiger charge is -2.04. The van der Waals surface area contributed by atoms with E-state index in [9.17, 15) is 8.42 Å². The van der Waals surface area contributed by atoms with Crippen LogP contribution in [0.3, 0.4) is 0 Å². The number of alkyl halides is 1. The molecule has 19 heavy (non-hydrogen) atoms. The van der Waals surface area contributed by atoms with Crippen LogP contribution < -0.4 is 0 Å². The SMILES string of the molecule is O=S(=O)(CCn1cc(CCl)nn1)c1ccc(Br)cc1. The summed E-state index contributed by atoms with van der Waals surface area (Å²) in [5.41, 5.74) is 0.628. The van der Waals surface area contributed by atoms with Crippen molar-refractivity contribution in [1.29, 1.82) is 0 Å². The highest BCUT2D eigenvalue weighted by molar-refractivity contribution is 9.10. The third-order valence-corrected chi connectivity index (χ3v) is 5.00. The van der Waals surface area contributed by atoms with E-state index < -0.39 is 9.84 Å². The van der Waals surface area contributed by atoms with Crippen LogP contribution in [-0.4, -0.2) is 29.2 Å². The van der Waals surface area contributed by atoms with Gasteiger partial charge in [0.25, 0.3) is 0 Å². The molecule has 0 spiro atoms. The van der Waals surface area contributed by atoms with Crippen molar-refractivity contribution >= 4 is 37.4 Å². The van der Waals surface area contributed by atoms with Crippen molar-refractivity contribution in [3.8, 4) is 0 Å². The molecule has 2 rings (SSSR count). The van der Waals surface area contributed by atoms with E-state index in [1.54, 1.807) is 30.5 Å². The van der Waals surface area contributed by atoms with E-state index in [0.717, 1.165) is 4.47 Å². The summed E-state index contributed by atoms with van der Waals surface area (Å²) >= 11 is 8.87. The quantitative estimate of drug-likeness (QED) is 0.763. The summed E-state index contributed by atoms with van der Waals surface area (Å²) < 4.78 is 26.5. The molecule has 0 fully saturated rings. The van der Waals surface area contributed by atoms with Crippen LogP contribution in [-0.2, 0) is 22.3 Å². The molecule has 2 aromatic rings. The van der Waals surface area contributed by atoms with Crippen LogP contribution in [0.2, 0.25) is 0 Å². The Morgan fingerprint density at radius 2 is 1.95 bits per heavy atom. The Labute approximate surface area is 124 Å². The summed E-state index contributed by atoms with van der Waals surface area (Å²) in [6, 6.07) is 6.55. The Morgan fingerprint density at radius 3 is 2.53 bits per heavy atom. The number of rotatable bonds is 5. The van der Waals surface area contributed by atoms with Gasteiger partial charge in [-0.25, -0.2) is 8.42 Å². The maximum absolute atomic E-state index is 12.1. The molecule has 0 unspecified atom stereocenters. The molecule has 0 bridgehead atoms. The minimum atomic E-state index is -3.32. The van der Waals surface area contributed by atoms with E-state index in [0.29, 0.717) is 10.6 Å². The molecule has 0 saturated carbocycles. The number of nitrogens with zero attached hydrogens (tertiary/aromatic N) is 3. The fourth-order valence-electron chi connectivity index (χ4n) is 1.48. The summed E-state index contributed by atoms with van der Waals surface area (Å²) in [4.78, 5) is 0.299. The molecule has 0 N–H and O–H groups in total. The molecule has 102 valence electrons. The summed E-state index contributed by atoms with van der Waals surface area (Å²) in [5.74, 6) is 0.235. The van der Waals surface area contributed by atoms with E-state index in [1.807, 2.05) is 0 Å². The van der Waals surface area contributed by atoms with Gasteiger partial charge in [-0.3, -0.25) is 4.68 Å². The largest absolute Gasteiger partial charge is 0.251 e. The second-order valence-electron chi connectivity index (χ2n) is 3.88. The Balaban J connectivity index is 2.07. The van der Waals surface area contributed by atoms with Gasteiger partial charge in [-0.15, -0.1) is 16.7 Å². The van der Waals surface area contributed by atoms with E-state index in [4.69, 9.17) is 11.6 Å². The highest BCUT2D eigenvalue weighted by Crippen LogP contribution is 2.16. The average molecular weight is 365 g/mol. The smallest absolute Gasteiger partial charge is 0.180 e. The van der Waals surface area contributed by atoms with Crippen LogP contribution in [0.4, 0.5) is 0 Å². The predicted molar refractivity (Wildman–Crippen MR) is 75.8 cm³/mol. The van der Waals surface area contributed by atoms with Crippen molar-refractivity contribution < 1.29 is 8.42 Å². The molecule has 1 heterocycles. The zero-order chi connectivity index (χ0) is 13.9.